The highest BCUT2D eigenvalue weighted by Gasteiger charge is 2.44. The largest absolute Gasteiger partial charge is 0.529 e. The van der Waals surface area contributed by atoms with Gasteiger partial charge in [-0.15, -0.1) is 11.8 Å². The first-order valence-electron chi connectivity index (χ1n) is 10.9. The molecule has 4 rings (SSSR count). The lowest BCUT2D eigenvalue weighted by molar-refractivity contribution is 0.135. The summed E-state index contributed by atoms with van der Waals surface area (Å²) < 4.78 is 34.1. The van der Waals surface area contributed by atoms with Crippen molar-refractivity contribution >= 4 is 19.6 Å². The van der Waals surface area contributed by atoms with Crippen LogP contribution in [0.4, 0.5) is 0 Å². The lowest BCUT2D eigenvalue weighted by Crippen LogP contribution is -2.37. The second-order valence-electron chi connectivity index (χ2n) is 7.40. The number of aromatic nitrogens is 3. The molecular weight excluding hydrogens is 453 g/mol. The van der Waals surface area contributed by atoms with Crippen molar-refractivity contribution in [2.75, 3.05) is 19.0 Å². The van der Waals surface area contributed by atoms with Crippen molar-refractivity contribution in [2.45, 2.75) is 51.4 Å². The van der Waals surface area contributed by atoms with Crippen LogP contribution in [0.1, 0.15) is 51.4 Å². The number of rotatable bonds is 9. The fraction of sp³-hybridized carbons (Fsp3) is 0.524. The van der Waals surface area contributed by atoms with Crippen molar-refractivity contribution in [3.8, 4) is 5.69 Å². The number of nitrogens with zero attached hydrogens (tertiary/aromatic N) is 3. The van der Waals surface area contributed by atoms with Crippen molar-refractivity contribution in [2.24, 2.45) is 0 Å². The molecule has 0 amide bonds. The lowest BCUT2D eigenvalue weighted by Gasteiger charge is -2.33. The molecule has 1 aromatic heterocycles. The Morgan fingerprint density at radius 3 is 2.31 bits per heavy atom. The summed E-state index contributed by atoms with van der Waals surface area (Å²) in [7, 11) is -3.87. The Morgan fingerprint density at radius 2 is 1.69 bits per heavy atom. The second kappa shape index (κ2) is 9.47. The van der Waals surface area contributed by atoms with E-state index in [2.05, 4.69) is 0 Å². The van der Waals surface area contributed by atoms with Gasteiger partial charge in [-0.25, -0.2) is 28.1 Å². The molecule has 32 heavy (non-hydrogen) atoms. The quantitative estimate of drug-likeness (QED) is 0.495. The number of fused-ring (bicyclic) bond motifs is 3. The third kappa shape index (κ3) is 3.94. The Morgan fingerprint density at radius 1 is 1.03 bits per heavy atom. The van der Waals surface area contributed by atoms with E-state index in [1.807, 2.05) is 13.0 Å². The molecule has 1 aromatic carbocycles. The summed E-state index contributed by atoms with van der Waals surface area (Å²) in [6, 6.07) is 8.54. The van der Waals surface area contributed by atoms with Crippen LogP contribution < -0.4 is 11.4 Å². The molecule has 9 nitrogen and oxygen atoms in total. The number of para-hydroxylation sites is 1. The molecule has 0 bridgehead atoms. The van der Waals surface area contributed by atoms with E-state index >= 15 is 0 Å². The molecule has 0 spiro atoms. The number of benzene rings is 1. The number of phosphoric ester groups is 1. The highest BCUT2D eigenvalue weighted by molar-refractivity contribution is 7.99. The minimum atomic E-state index is -3.87. The first kappa shape index (κ1) is 23.2. The molecule has 0 N–H and O–H groups in total. The predicted molar refractivity (Wildman–Crippen MR) is 123 cm³/mol. The minimum absolute atomic E-state index is 0.157. The van der Waals surface area contributed by atoms with E-state index in [1.165, 1.54) is 21.0 Å². The van der Waals surface area contributed by atoms with Gasteiger partial charge in [-0.05, 0) is 56.6 Å². The summed E-state index contributed by atoms with van der Waals surface area (Å²) in [5.41, 5.74) is 0.544. The molecule has 174 valence electrons. The number of hydrogen-bond acceptors (Lipinski definition) is 7. The molecule has 0 radical (unpaired) electrons. The zero-order valence-corrected chi connectivity index (χ0v) is 20.1. The maximum absolute atomic E-state index is 13.6. The van der Waals surface area contributed by atoms with Crippen molar-refractivity contribution < 1.29 is 18.1 Å². The van der Waals surface area contributed by atoms with Gasteiger partial charge in [0.1, 0.15) is 5.76 Å². The van der Waals surface area contributed by atoms with Gasteiger partial charge in [0.2, 0.25) is 0 Å². The molecule has 1 aliphatic carbocycles. The first-order chi connectivity index (χ1) is 15.5. The van der Waals surface area contributed by atoms with Gasteiger partial charge in [0, 0.05) is 0 Å². The van der Waals surface area contributed by atoms with Crippen molar-refractivity contribution in [1.29, 1.82) is 0 Å². The molecule has 1 aliphatic heterocycles. The monoisotopic (exact) mass is 481 g/mol. The number of thioether (sulfide) groups is 1. The Bertz CT molecular complexity index is 1160. The van der Waals surface area contributed by atoms with E-state index in [-0.39, 0.29) is 24.9 Å². The van der Waals surface area contributed by atoms with Gasteiger partial charge in [0.05, 0.1) is 24.9 Å². The summed E-state index contributed by atoms with van der Waals surface area (Å²) in [6.07, 6.45) is 2.22. The van der Waals surface area contributed by atoms with Crippen LogP contribution in [0.2, 0.25) is 0 Å². The standard InChI is InChI=1S/C21H28N3O6PS/c1-4-28-31(27,29-5-2)30-18-16-13-10-14-17(16)23-20(25)22(15-11-8-7-9-12-15)21(26)24(23)19(18)32-6-3/h7-9,11-12,17,19H,4-6,10,13-14H2,1-3H3/t17-,19+/m0/s1. The van der Waals surface area contributed by atoms with E-state index in [9.17, 15) is 14.2 Å². The molecule has 2 aliphatic rings. The Hall–Kier alpha value is -2.00. The Kier molecular flexibility index (Phi) is 6.86. The van der Waals surface area contributed by atoms with Crippen LogP contribution in [0.5, 0.6) is 0 Å². The van der Waals surface area contributed by atoms with Gasteiger partial charge in [-0.1, -0.05) is 25.1 Å². The number of allylic oxidation sites excluding steroid dienone is 1. The van der Waals surface area contributed by atoms with E-state index in [4.69, 9.17) is 13.6 Å². The lowest BCUT2D eigenvalue weighted by atomic mass is 10.1. The van der Waals surface area contributed by atoms with Gasteiger partial charge >= 0.3 is 19.2 Å². The number of phosphoric acid groups is 1. The zero-order valence-electron chi connectivity index (χ0n) is 18.4. The molecule has 2 aromatic rings. The van der Waals surface area contributed by atoms with Crippen LogP contribution >= 0.6 is 19.6 Å². The van der Waals surface area contributed by atoms with Gasteiger partial charge in [0.25, 0.3) is 0 Å². The fourth-order valence-corrected chi connectivity index (χ4v) is 6.70. The van der Waals surface area contributed by atoms with E-state index in [1.54, 1.807) is 42.8 Å². The average Bonchev–Trinajstić information content (AvgIpc) is 3.34. The molecule has 1 fully saturated rings. The molecule has 11 heteroatoms. The van der Waals surface area contributed by atoms with Gasteiger partial charge in [0.15, 0.2) is 5.37 Å². The Labute approximate surface area is 190 Å². The van der Waals surface area contributed by atoms with E-state index in [0.717, 1.165) is 12.0 Å². The maximum atomic E-state index is 13.6. The molecule has 0 saturated heterocycles. The number of hydrogen-bond donors (Lipinski definition) is 0. The SMILES string of the molecule is CCOP(=O)(OCC)OC1=C2CCC[C@@H]2n2c(=O)n(-c3ccccc3)c(=O)n2[C@@H]1SCC. The second-order valence-corrected chi connectivity index (χ2v) is 10.4. The van der Waals surface area contributed by atoms with Crippen molar-refractivity contribution in [3.05, 3.63) is 62.6 Å². The topological polar surface area (TPSA) is 93.7 Å². The molecular formula is C21H28N3O6PS. The average molecular weight is 482 g/mol. The van der Waals surface area contributed by atoms with Crippen LogP contribution in [-0.2, 0) is 18.1 Å². The normalized spacial score (nSPS) is 20.3. The van der Waals surface area contributed by atoms with Crippen LogP contribution in [0.3, 0.4) is 0 Å². The summed E-state index contributed by atoms with van der Waals surface area (Å²) in [6.45, 7) is 5.70. The third-order valence-electron chi connectivity index (χ3n) is 5.51. The molecule has 2 heterocycles. The smallest absolute Gasteiger partial charge is 0.405 e. The van der Waals surface area contributed by atoms with Crippen molar-refractivity contribution in [1.82, 2.24) is 13.9 Å². The molecule has 1 saturated carbocycles. The highest BCUT2D eigenvalue weighted by atomic mass is 32.2. The summed E-state index contributed by atoms with van der Waals surface area (Å²) >= 11 is 1.44. The molecule has 2 atom stereocenters. The third-order valence-corrected chi connectivity index (χ3v) is 8.15. The predicted octanol–water partition coefficient (Wildman–Crippen LogP) is 4.24. The van der Waals surface area contributed by atoms with Crippen LogP contribution in [0.25, 0.3) is 5.69 Å². The van der Waals surface area contributed by atoms with Crippen LogP contribution in [0.15, 0.2) is 51.3 Å². The maximum Gasteiger partial charge on any atom is 0.529 e. The van der Waals surface area contributed by atoms with Gasteiger partial charge < -0.3 is 4.52 Å². The molecule has 0 unspecified atom stereocenters. The Balaban J connectivity index is 1.90. The van der Waals surface area contributed by atoms with E-state index < -0.39 is 18.9 Å². The first-order valence-corrected chi connectivity index (χ1v) is 13.4. The highest BCUT2D eigenvalue weighted by Crippen LogP contribution is 2.57. The summed E-state index contributed by atoms with van der Waals surface area (Å²) in [4.78, 5) is 27.0. The minimum Gasteiger partial charge on any atom is -0.405 e. The van der Waals surface area contributed by atoms with Crippen LogP contribution in [0, 0.1) is 0 Å². The van der Waals surface area contributed by atoms with Crippen LogP contribution in [-0.4, -0.2) is 32.9 Å². The van der Waals surface area contributed by atoms with Gasteiger partial charge in [-0.2, -0.15) is 0 Å². The van der Waals surface area contributed by atoms with Crippen molar-refractivity contribution in [3.63, 3.8) is 0 Å². The zero-order chi connectivity index (χ0) is 22.9. The van der Waals surface area contributed by atoms with E-state index in [0.29, 0.717) is 30.0 Å². The fourth-order valence-electron chi connectivity index (χ4n) is 4.35. The summed E-state index contributed by atoms with van der Waals surface area (Å²) in [5.74, 6) is 1.07. The van der Waals surface area contributed by atoms with Gasteiger partial charge in [-0.3, -0.25) is 9.05 Å². The summed E-state index contributed by atoms with van der Waals surface area (Å²) in [5, 5.41) is -0.649.